The maximum absolute atomic E-state index is 13.1. The Morgan fingerprint density at radius 2 is 1.64 bits per heavy atom. The van der Waals surface area contributed by atoms with E-state index in [2.05, 4.69) is 4.98 Å². The van der Waals surface area contributed by atoms with Crippen LogP contribution in [0, 0.1) is 0 Å². The van der Waals surface area contributed by atoms with E-state index in [1.54, 1.807) is 24.3 Å². The molecule has 0 N–H and O–H groups in total. The van der Waals surface area contributed by atoms with Gasteiger partial charge in [0, 0.05) is 10.9 Å². The highest BCUT2D eigenvalue weighted by Crippen LogP contribution is 2.34. The predicted molar refractivity (Wildman–Crippen MR) is 92.3 cm³/mol. The van der Waals surface area contributed by atoms with Gasteiger partial charge in [-0.05, 0) is 35.9 Å². The van der Waals surface area contributed by atoms with Crippen LogP contribution >= 0.6 is 12.4 Å². The van der Waals surface area contributed by atoms with Crippen molar-refractivity contribution >= 4 is 23.3 Å². The Labute approximate surface area is 147 Å². The molecular formula is C18H13ClF3NO2. The lowest BCUT2D eigenvalue weighted by molar-refractivity contribution is -0.136. The molecule has 0 saturated heterocycles. The molecule has 0 atom stereocenters. The second-order valence-corrected chi connectivity index (χ2v) is 5.13. The fourth-order valence-corrected chi connectivity index (χ4v) is 2.47. The number of fused-ring (bicyclic) bond motifs is 1. The quantitative estimate of drug-likeness (QED) is 0.658. The van der Waals surface area contributed by atoms with Crippen LogP contribution in [-0.4, -0.2) is 12.1 Å². The van der Waals surface area contributed by atoms with Crippen molar-refractivity contribution in [2.45, 2.75) is 6.18 Å². The van der Waals surface area contributed by atoms with Crippen LogP contribution in [0.3, 0.4) is 0 Å². The van der Waals surface area contributed by atoms with Crippen molar-refractivity contribution in [3.05, 3.63) is 70.5 Å². The molecule has 0 aliphatic heterocycles. The van der Waals surface area contributed by atoms with Crippen molar-refractivity contribution in [1.82, 2.24) is 4.98 Å². The number of rotatable bonds is 2. The Morgan fingerprint density at radius 1 is 0.960 bits per heavy atom. The van der Waals surface area contributed by atoms with Crippen molar-refractivity contribution in [2.75, 3.05) is 7.11 Å². The van der Waals surface area contributed by atoms with Crippen LogP contribution < -0.4 is 10.3 Å². The number of aromatic nitrogens is 1. The summed E-state index contributed by atoms with van der Waals surface area (Å²) in [7, 11) is 1.52. The van der Waals surface area contributed by atoms with Gasteiger partial charge < -0.3 is 4.74 Å². The van der Waals surface area contributed by atoms with Gasteiger partial charge in [0.15, 0.2) is 0 Å². The van der Waals surface area contributed by atoms with Crippen LogP contribution in [0.5, 0.6) is 5.75 Å². The topological polar surface area (TPSA) is 39.2 Å². The second-order valence-electron chi connectivity index (χ2n) is 5.13. The first kappa shape index (κ1) is 18.7. The summed E-state index contributed by atoms with van der Waals surface area (Å²) < 4.78 is 44.4. The first-order valence-electron chi connectivity index (χ1n) is 7.06. The molecule has 0 spiro atoms. The minimum atomic E-state index is -4.52. The van der Waals surface area contributed by atoms with Crippen molar-refractivity contribution in [3.63, 3.8) is 0 Å². The number of methoxy groups -OCH3 is 1. The van der Waals surface area contributed by atoms with Gasteiger partial charge in [0.05, 0.1) is 18.2 Å². The molecule has 25 heavy (non-hydrogen) atoms. The maximum atomic E-state index is 13.1. The Hall–Kier alpha value is -2.60. The Morgan fingerprint density at radius 3 is 2.24 bits per heavy atom. The summed E-state index contributed by atoms with van der Waals surface area (Å²) in [6.07, 6.45) is -4.52. The number of ether oxygens (including phenoxy) is 1. The number of hydrogen-bond acceptors (Lipinski definition) is 3. The van der Waals surface area contributed by atoms with E-state index in [1.165, 1.54) is 31.4 Å². The van der Waals surface area contributed by atoms with Gasteiger partial charge >= 0.3 is 6.18 Å². The van der Waals surface area contributed by atoms with Gasteiger partial charge in [-0.3, -0.25) is 4.79 Å². The van der Waals surface area contributed by atoms with Gasteiger partial charge in [-0.1, -0.05) is 24.3 Å². The molecule has 3 nitrogen and oxygen atoms in total. The zero-order valence-corrected chi connectivity index (χ0v) is 13.8. The summed E-state index contributed by atoms with van der Waals surface area (Å²) in [5, 5.41) is -0.109. The van der Waals surface area contributed by atoms with E-state index in [0.29, 0.717) is 11.3 Å². The van der Waals surface area contributed by atoms with Gasteiger partial charge in [0.25, 0.3) is 5.56 Å². The molecule has 0 unspecified atom stereocenters. The number of benzene rings is 2. The third-order valence-corrected chi connectivity index (χ3v) is 3.66. The normalized spacial score (nSPS) is 11.0. The molecule has 3 rings (SSSR count). The zero-order chi connectivity index (χ0) is 17.3. The zero-order valence-electron chi connectivity index (χ0n) is 13.0. The van der Waals surface area contributed by atoms with E-state index in [4.69, 9.17) is 4.74 Å². The molecule has 0 bridgehead atoms. The minimum absolute atomic E-state index is 0. The fraction of sp³-hybridized carbons (Fsp3) is 0.111. The molecule has 0 aliphatic rings. The maximum Gasteiger partial charge on any atom is 0.417 e. The first-order valence-corrected chi connectivity index (χ1v) is 7.06. The Balaban J connectivity index is 0.00000225. The fourth-order valence-electron chi connectivity index (χ4n) is 2.47. The third kappa shape index (κ3) is 3.74. The van der Waals surface area contributed by atoms with E-state index in [0.717, 1.165) is 6.07 Å². The van der Waals surface area contributed by atoms with Gasteiger partial charge in [0.1, 0.15) is 5.75 Å². The van der Waals surface area contributed by atoms with Crippen molar-refractivity contribution < 1.29 is 17.9 Å². The molecule has 1 heterocycles. The summed E-state index contributed by atoms with van der Waals surface area (Å²) >= 11 is 0. The third-order valence-electron chi connectivity index (χ3n) is 3.66. The van der Waals surface area contributed by atoms with Gasteiger partial charge in [-0.25, -0.2) is 4.98 Å². The Kier molecular flexibility index (Phi) is 5.33. The summed E-state index contributed by atoms with van der Waals surface area (Å²) in [5.41, 5.74) is -0.614. The van der Waals surface area contributed by atoms with E-state index in [9.17, 15) is 18.0 Å². The Bertz CT molecular complexity index is 957. The molecule has 0 saturated carbocycles. The van der Waals surface area contributed by atoms with E-state index >= 15 is 0 Å². The van der Waals surface area contributed by atoms with Gasteiger partial charge in [-0.15, -0.1) is 12.4 Å². The molecule has 2 aromatic carbocycles. The van der Waals surface area contributed by atoms with Crippen molar-refractivity contribution in [3.8, 4) is 16.9 Å². The molecule has 7 heteroatoms. The smallest absolute Gasteiger partial charge is 0.417 e. The summed E-state index contributed by atoms with van der Waals surface area (Å²) in [6, 6.07) is 12.9. The minimum Gasteiger partial charge on any atom is -0.497 e. The van der Waals surface area contributed by atoms with Crippen LogP contribution in [0.15, 0.2) is 59.4 Å². The van der Waals surface area contributed by atoms with Gasteiger partial charge in [0.2, 0.25) is 0 Å². The van der Waals surface area contributed by atoms with E-state index < -0.39 is 17.3 Å². The summed E-state index contributed by atoms with van der Waals surface area (Å²) in [4.78, 5) is 16.2. The highest BCUT2D eigenvalue weighted by molar-refractivity contribution is 5.85. The van der Waals surface area contributed by atoms with Crippen LogP contribution in [-0.2, 0) is 6.18 Å². The molecule has 130 valence electrons. The molecule has 0 radical (unpaired) electrons. The average molecular weight is 368 g/mol. The molecule has 0 aliphatic carbocycles. The first-order chi connectivity index (χ1) is 11.4. The van der Waals surface area contributed by atoms with Crippen LogP contribution in [0.1, 0.15) is 5.56 Å². The lowest BCUT2D eigenvalue weighted by Crippen LogP contribution is -2.07. The predicted octanol–water partition coefficient (Wildman–Crippen LogP) is 4.71. The number of alkyl halides is 3. The standard InChI is InChI=1S/C18H12F3NO2.ClH/c1-24-12-7-5-11(6-8-12)13-9-10-14-15(18(19,20)21)3-2-4-16(14)22-17(13)23;/h2-10H,1H3;1H. The molecule has 0 fully saturated rings. The monoisotopic (exact) mass is 367 g/mol. The van der Waals surface area contributed by atoms with Crippen LogP contribution in [0.2, 0.25) is 0 Å². The molecule has 0 amide bonds. The number of hydrogen-bond donors (Lipinski definition) is 0. The van der Waals surface area contributed by atoms with Crippen LogP contribution in [0.25, 0.3) is 22.0 Å². The highest BCUT2D eigenvalue weighted by atomic mass is 35.5. The lowest BCUT2D eigenvalue weighted by atomic mass is 10.1. The number of halogens is 4. The number of nitrogens with zero attached hydrogens (tertiary/aromatic N) is 1. The summed E-state index contributed by atoms with van der Waals surface area (Å²) in [6.45, 7) is 0. The summed E-state index contributed by atoms with van der Waals surface area (Å²) in [5.74, 6) is 0.615. The molecule has 1 aromatic heterocycles. The second kappa shape index (κ2) is 7.11. The van der Waals surface area contributed by atoms with Crippen LogP contribution in [0.4, 0.5) is 13.2 Å². The largest absolute Gasteiger partial charge is 0.497 e. The van der Waals surface area contributed by atoms with E-state index in [-0.39, 0.29) is 28.9 Å². The molecular weight excluding hydrogens is 355 g/mol. The molecule has 3 aromatic rings. The van der Waals surface area contributed by atoms with E-state index in [1.807, 2.05) is 0 Å². The van der Waals surface area contributed by atoms with Gasteiger partial charge in [-0.2, -0.15) is 13.2 Å². The average Bonchev–Trinajstić information content (AvgIpc) is 2.72. The van der Waals surface area contributed by atoms with Crippen molar-refractivity contribution in [1.29, 1.82) is 0 Å². The lowest BCUT2D eigenvalue weighted by Gasteiger charge is -2.07. The SMILES string of the molecule is COc1ccc(-c2ccc3c(C(F)(F)F)cccc3nc2=O)cc1.Cl. The highest BCUT2D eigenvalue weighted by Gasteiger charge is 2.32. The van der Waals surface area contributed by atoms with Crippen molar-refractivity contribution in [2.24, 2.45) is 0 Å².